The Balaban J connectivity index is 1.41. The molecule has 6 rings (SSSR count). The quantitative estimate of drug-likeness (QED) is 0.253. The molecule has 13 heteroatoms. The van der Waals surface area contributed by atoms with E-state index in [1.54, 1.807) is 64.6 Å². The summed E-state index contributed by atoms with van der Waals surface area (Å²) in [6.45, 7) is 5.61. The van der Waals surface area contributed by atoms with Gasteiger partial charge in [0, 0.05) is 47.6 Å². The first-order valence-electron chi connectivity index (χ1n) is 15.1. The third kappa shape index (κ3) is 5.95. The number of benzene rings is 1. The van der Waals surface area contributed by atoms with Gasteiger partial charge in [-0.25, -0.2) is 14.5 Å². The lowest BCUT2D eigenvalue weighted by molar-refractivity contribution is -0.119. The fourth-order valence-corrected chi connectivity index (χ4v) is 5.95. The van der Waals surface area contributed by atoms with Crippen molar-refractivity contribution in [2.45, 2.75) is 46.1 Å². The van der Waals surface area contributed by atoms with E-state index in [0.717, 1.165) is 11.3 Å². The van der Waals surface area contributed by atoms with Crippen molar-refractivity contribution in [2.75, 3.05) is 11.9 Å². The summed E-state index contributed by atoms with van der Waals surface area (Å²) in [5.41, 5.74) is 5.00. The van der Waals surface area contributed by atoms with Gasteiger partial charge in [0.05, 0.1) is 59.3 Å². The van der Waals surface area contributed by atoms with Crippen LogP contribution in [0.25, 0.3) is 28.2 Å². The lowest BCUT2D eigenvalue weighted by Crippen LogP contribution is -2.27. The molecule has 0 saturated heterocycles. The first kappa shape index (κ1) is 30.9. The number of carbonyl (C=O) groups is 2. The highest BCUT2D eigenvalue weighted by Crippen LogP contribution is 2.33. The lowest BCUT2D eigenvalue weighted by atomic mass is 9.97. The number of halogens is 1. The Morgan fingerprint density at radius 3 is 2.74 bits per heavy atom. The zero-order valence-electron chi connectivity index (χ0n) is 25.9. The van der Waals surface area contributed by atoms with E-state index in [0.29, 0.717) is 63.9 Å². The summed E-state index contributed by atoms with van der Waals surface area (Å²) in [7, 11) is 1.82. The van der Waals surface area contributed by atoms with Gasteiger partial charge < -0.3 is 10.1 Å². The molecule has 236 valence electrons. The molecule has 1 aromatic carbocycles. The summed E-state index contributed by atoms with van der Waals surface area (Å²) in [6.07, 6.45) is 8.34. The number of esters is 1. The maximum absolute atomic E-state index is 13.9. The van der Waals surface area contributed by atoms with Gasteiger partial charge in [0.2, 0.25) is 5.91 Å². The third-order valence-corrected chi connectivity index (χ3v) is 8.44. The Hall–Kier alpha value is -5.10. The summed E-state index contributed by atoms with van der Waals surface area (Å²) in [4.78, 5) is 48.7. The number of ether oxygens (including phenoxy) is 1. The summed E-state index contributed by atoms with van der Waals surface area (Å²) in [6, 6.07) is 10.0. The molecule has 0 saturated carbocycles. The van der Waals surface area contributed by atoms with Crippen LogP contribution in [0.3, 0.4) is 0 Å². The Morgan fingerprint density at radius 1 is 1.13 bits per heavy atom. The van der Waals surface area contributed by atoms with E-state index in [9.17, 15) is 14.4 Å². The standard InChI is InChI=1S/C33H33ClN8O4/c1-5-46-33(45)24-17-42(39-20(24)3)28-10-9-22(34)14-23(28)25-15-30(43)41(18-36-25)29-8-6-7-19(2)32(44)38-27-16-37-40(4)31(27)21-11-12-35-26(29)13-21/h9-19,29H,5-8H2,1-4H3,(H,38,44). The van der Waals surface area contributed by atoms with Crippen molar-refractivity contribution in [1.29, 1.82) is 0 Å². The molecular formula is C33H33ClN8O4. The van der Waals surface area contributed by atoms with Gasteiger partial charge in [-0.15, -0.1) is 0 Å². The van der Waals surface area contributed by atoms with Crippen LogP contribution in [0.1, 0.15) is 60.9 Å². The number of rotatable bonds is 5. The second-order valence-corrected chi connectivity index (χ2v) is 11.7. The predicted molar refractivity (Wildman–Crippen MR) is 173 cm³/mol. The average molecular weight is 641 g/mol. The van der Waals surface area contributed by atoms with Crippen molar-refractivity contribution in [3.05, 3.63) is 93.6 Å². The van der Waals surface area contributed by atoms with Crippen LogP contribution in [0.2, 0.25) is 5.02 Å². The fourth-order valence-electron chi connectivity index (χ4n) is 5.78. The number of amides is 1. The minimum absolute atomic E-state index is 0.0806. The summed E-state index contributed by atoms with van der Waals surface area (Å²) in [5, 5.41) is 12.4. The van der Waals surface area contributed by atoms with Gasteiger partial charge in [-0.05, 0) is 57.0 Å². The summed E-state index contributed by atoms with van der Waals surface area (Å²) >= 11 is 6.40. The van der Waals surface area contributed by atoms with Crippen molar-refractivity contribution >= 4 is 29.2 Å². The van der Waals surface area contributed by atoms with E-state index in [1.807, 2.05) is 26.1 Å². The number of anilines is 1. The molecule has 0 aliphatic carbocycles. The number of aryl methyl sites for hydroxylation is 2. The molecule has 2 bridgehead atoms. The summed E-state index contributed by atoms with van der Waals surface area (Å²) in [5.74, 6) is -0.789. The Kier molecular flexibility index (Phi) is 8.55. The molecule has 0 fully saturated rings. The molecule has 2 unspecified atom stereocenters. The van der Waals surface area contributed by atoms with Gasteiger partial charge in [0.1, 0.15) is 5.56 Å². The number of fused-ring (bicyclic) bond motifs is 4. The number of hydrogen-bond acceptors (Lipinski definition) is 8. The van der Waals surface area contributed by atoms with Crippen LogP contribution < -0.4 is 10.9 Å². The monoisotopic (exact) mass is 640 g/mol. The topological polar surface area (TPSA) is 139 Å². The van der Waals surface area contributed by atoms with Gasteiger partial charge in [-0.3, -0.25) is 23.8 Å². The Bertz CT molecular complexity index is 2010. The maximum atomic E-state index is 13.9. The van der Waals surface area contributed by atoms with E-state index < -0.39 is 12.0 Å². The molecule has 2 atom stereocenters. The van der Waals surface area contributed by atoms with Crippen molar-refractivity contribution in [3.8, 4) is 28.2 Å². The number of carbonyl (C=O) groups excluding carboxylic acids is 2. The molecule has 5 aromatic rings. The van der Waals surface area contributed by atoms with Crippen molar-refractivity contribution in [1.82, 2.24) is 34.1 Å². The second kappa shape index (κ2) is 12.7. The predicted octanol–water partition coefficient (Wildman–Crippen LogP) is 5.38. The van der Waals surface area contributed by atoms with Gasteiger partial charge in [0.25, 0.3) is 5.56 Å². The Morgan fingerprint density at radius 2 is 1.96 bits per heavy atom. The van der Waals surface area contributed by atoms with E-state index >= 15 is 0 Å². The smallest absolute Gasteiger partial charge is 0.341 e. The highest BCUT2D eigenvalue weighted by atomic mass is 35.5. The zero-order valence-corrected chi connectivity index (χ0v) is 26.7. The summed E-state index contributed by atoms with van der Waals surface area (Å²) < 4.78 is 10.0. The first-order valence-corrected chi connectivity index (χ1v) is 15.4. The van der Waals surface area contributed by atoms with Crippen molar-refractivity contribution in [3.63, 3.8) is 0 Å². The SMILES string of the molecule is CCOC(=O)c1cn(-c2ccc(Cl)cc2-c2cc(=O)n(C3CCCC(C)C(=O)Nc4cnn(C)c4-c4ccnc3c4)cn2)nc1C. The van der Waals surface area contributed by atoms with Gasteiger partial charge in [-0.1, -0.05) is 24.9 Å². The van der Waals surface area contributed by atoms with E-state index in [2.05, 4.69) is 20.5 Å². The van der Waals surface area contributed by atoms with Crippen LogP contribution in [-0.4, -0.2) is 52.6 Å². The van der Waals surface area contributed by atoms with E-state index in [4.69, 9.17) is 21.3 Å². The molecular weight excluding hydrogens is 608 g/mol. The molecule has 1 N–H and O–H groups in total. The number of nitrogens with one attached hydrogen (secondary N) is 1. The molecule has 1 aliphatic rings. The molecule has 0 radical (unpaired) electrons. The van der Waals surface area contributed by atoms with Crippen LogP contribution in [0, 0.1) is 12.8 Å². The average Bonchev–Trinajstić information content (AvgIpc) is 3.60. The highest BCUT2D eigenvalue weighted by Gasteiger charge is 2.24. The maximum Gasteiger partial charge on any atom is 0.341 e. The molecule has 1 amide bonds. The van der Waals surface area contributed by atoms with Gasteiger partial charge in [0.15, 0.2) is 0 Å². The molecule has 46 heavy (non-hydrogen) atoms. The highest BCUT2D eigenvalue weighted by molar-refractivity contribution is 6.31. The van der Waals surface area contributed by atoms with Gasteiger partial charge in [-0.2, -0.15) is 10.2 Å². The fraction of sp³-hybridized carbons (Fsp3) is 0.303. The van der Waals surface area contributed by atoms with Crippen molar-refractivity contribution < 1.29 is 14.3 Å². The lowest BCUT2D eigenvalue weighted by Gasteiger charge is -2.22. The molecule has 12 nitrogen and oxygen atoms in total. The van der Waals surface area contributed by atoms with E-state index in [1.165, 1.54) is 12.4 Å². The number of aromatic nitrogens is 7. The minimum Gasteiger partial charge on any atom is -0.462 e. The van der Waals surface area contributed by atoms with Crippen LogP contribution in [0.5, 0.6) is 0 Å². The minimum atomic E-state index is -0.466. The first-order chi connectivity index (χ1) is 22.1. The molecule has 5 heterocycles. The molecule has 0 spiro atoms. The van der Waals surface area contributed by atoms with Crippen molar-refractivity contribution in [2.24, 2.45) is 13.0 Å². The van der Waals surface area contributed by atoms with Crippen LogP contribution >= 0.6 is 11.6 Å². The van der Waals surface area contributed by atoms with Crippen LogP contribution in [0.15, 0.2) is 66.1 Å². The largest absolute Gasteiger partial charge is 0.462 e. The van der Waals surface area contributed by atoms with Crippen LogP contribution in [-0.2, 0) is 16.6 Å². The normalized spacial score (nSPS) is 16.6. The number of nitrogens with zero attached hydrogens (tertiary/aromatic N) is 7. The second-order valence-electron chi connectivity index (χ2n) is 11.3. The van der Waals surface area contributed by atoms with Gasteiger partial charge >= 0.3 is 5.97 Å². The Labute approximate surface area is 270 Å². The molecule has 4 aromatic heterocycles. The number of pyridine rings is 1. The van der Waals surface area contributed by atoms with E-state index in [-0.39, 0.29) is 24.0 Å². The zero-order chi connectivity index (χ0) is 32.5. The third-order valence-electron chi connectivity index (χ3n) is 8.20. The number of hydrogen-bond donors (Lipinski definition) is 1. The molecule has 1 aliphatic heterocycles. The van der Waals surface area contributed by atoms with Crippen LogP contribution in [0.4, 0.5) is 5.69 Å².